The standard InChI is InChI=1S/C19H29F3N4O.HI/c1-4-27-14-17-8-6-5-7-16(17)13-24-18(23-3)26-11-9-25(10-12-26)15(2)19(20,21)22;/h5-8,15H,4,9-14H2,1-3H3,(H,23,24);1H. The van der Waals surface area contributed by atoms with Gasteiger partial charge in [0.05, 0.1) is 6.61 Å². The number of halogens is 4. The summed E-state index contributed by atoms with van der Waals surface area (Å²) in [5.74, 6) is 0.709. The minimum absolute atomic E-state index is 0. The molecule has 0 bridgehead atoms. The predicted octanol–water partition coefficient (Wildman–Crippen LogP) is 3.48. The highest BCUT2D eigenvalue weighted by Gasteiger charge is 2.41. The molecule has 0 saturated carbocycles. The zero-order valence-corrected chi connectivity index (χ0v) is 19.0. The summed E-state index contributed by atoms with van der Waals surface area (Å²) in [6, 6.07) is 6.62. The fraction of sp³-hybridized carbons (Fsp3) is 0.632. The lowest BCUT2D eigenvalue weighted by molar-refractivity contribution is -0.181. The topological polar surface area (TPSA) is 40.1 Å². The van der Waals surface area contributed by atoms with E-state index in [1.807, 2.05) is 36.1 Å². The summed E-state index contributed by atoms with van der Waals surface area (Å²) in [6.07, 6.45) is -4.19. The van der Waals surface area contributed by atoms with E-state index in [0.717, 1.165) is 11.1 Å². The number of alkyl halides is 3. The maximum atomic E-state index is 12.9. The van der Waals surface area contributed by atoms with Crippen LogP contribution in [-0.2, 0) is 17.9 Å². The van der Waals surface area contributed by atoms with Crippen LogP contribution in [0.15, 0.2) is 29.3 Å². The van der Waals surface area contributed by atoms with Crippen LogP contribution < -0.4 is 5.32 Å². The average molecular weight is 514 g/mol. The maximum absolute atomic E-state index is 12.9. The van der Waals surface area contributed by atoms with Crippen molar-refractivity contribution < 1.29 is 17.9 Å². The largest absolute Gasteiger partial charge is 0.403 e. The van der Waals surface area contributed by atoms with Crippen LogP contribution in [-0.4, -0.2) is 67.8 Å². The van der Waals surface area contributed by atoms with E-state index in [0.29, 0.717) is 51.9 Å². The highest BCUT2D eigenvalue weighted by atomic mass is 127. The van der Waals surface area contributed by atoms with Gasteiger partial charge in [0.1, 0.15) is 6.04 Å². The van der Waals surface area contributed by atoms with Crippen molar-refractivity contribution in [3.8, 4) is 0 Å². The Morgan fingerprint density at radius 3 is 2.32 bits per heavy atom. The molecule has 1 N–H and O–H groups in total. The summed E-state index contributed by atoms with van der Waals surface area (Å²) in [6.45, 7) is 6.74. The normalized spacial score (nSPS) is 17.2. The van der Waals surface area contributed by atoms with E-state index in [1.54, 1.807) is 7.05 Å². The Morgan fingerprint density at radius 1 is 1.18 bits per heavy atom. The van der Waals surface area contributed by atoms with Gasteiger partial charge in [-0.3, -0.25) is 9.89 Å². The molecule has 0 spiro atoms. The molecule has 1 unspecified atom stereocenters. The van der Waals surface area contributed by atoms with Gasteiger partial charge in [0.15, 0.2) is 5.96 Å². The summed E-state index contributed by atoms with van der Waals surface area (Å²) in [4.78, 5) is 7.77. The van der Waals surface area contributed by atoms with Gasteiger partial charge in [-0.15, -0.1) is 24.0 Å². The SMILES string of the molecule is CCOCc1ccccc1CNC(=NC)N1CCN(C(C)C(F)(F)F)CC1.I. The summed E-state index contributed by atoms with van der Waals surface area (Å²) < 4.78 is 44.2. The number of piperazine rings is 1. The molecule has 1 aliphatic rings. The summed E-state index contributed by atoms with van der Waals surface area (Å²) in [7, 11) is 1.69. The van der Waals surface area contributed by atoms with E-state index in [4.69, 9.17) is 4.74 Å². The van der Waals surface area contributed by atoms with Gasteiger partial charge >= 0.3 is 6.18 Å². The number of hydrogen-bond acceptors (Lipinski definition) is 3. The molecule has 1 aromatic rings. The Labute approximate surface area is 182 Å². The van der Waals surface area contributed by atoms with Crippen molar-refractivity contribution in [3.63, 3.8) is 0 Å². The van der Waals surface area contributed by atoms with E-state index in [9.17, 15) is 13.2 Å². The van der Waals surface area contributed by atoms with Crippen molar-refractivity contribution in [1.82, 2.24) is 15.1 Å². The van der Waals surface area contributed by atoms with Gasteiger partial charge in [-0.05, 0) is 25.0 Å². The molecule has 1 heterocycles. The number of nitrogens with one attached hydrogen (secondary N) is 1. The Bertz CT molecular complexity index is 619. The molecule has 1 aromatic carbocycles. The van der Waals surface area contributed by atoms with Gasteiger partial charge in [-0.25, -0.2) is 0 Å². The molecule has 9 heteroatoms. The lowest BCUT2D eigenvalue weighted by atomic mass is 10.1. The Kier molecular flexibility index (Phi) is 10.5. The molecular formula is C19H30F3IN4O. The fourth-order valence-electron chi connectivity index (χ4n) is 3.12. The smallest absolute Gasteiger partial charge is 0.377 e. The summed E-state index contributed by atoms with van der Waals surface area (Å²) in [5, 5.41) is 3.33. The van der Waals surface area contributed by atoms with Crippen LogP contribution in [0.1, 0.15) is 25.0 Å². The molecule has 5 nitrogen and oxygen atoms in total. The molecule has 1 aliphatic heterocycles. The van der Waals surface area contributed by atoms with Gasteiger partial charge in [0.2, 0.25) is 0 Å². The van der Waals surface area contributed by atoms with Crippen LogP contribution in [0, 0.1) is 0 Å². The van der Waals surface area contributed by atoms with Gasteiger partial charge in [0.25, 0.3) is 0 Å². The number of benzene rings is 1. The second-order valence-corrected chi connectivity index (χ2v) is 6.55. The monoisotopic (exact) mass is 514 g/mol. The molecule has 1 atom stereocenters. The molecule has 28 heavy (non-hydrogen) atoms. The molecule has 0 radical (unpaired) electrons. The Hall–Kier alpha value is -1.07. The average Bonchev–Trinajstić information content (AvgIpc) is 2.66. The number of aliphatic imine (C=N–C) groups is 1. The zero-order valence-electron chi connectivity index (χ0n) is 16.6. The minimum atomic E-state index is -4.19. The molecule has 0 aliphatic carbocycles. The molecule has 1 saturated heterocycles. The van der Waals surface area contributed by atoms with Crippen LogP contribution >= 0.6 is 24.0 Å². The van der Waals surface area contributed by atoms with E-state index in [1.165, 1.54) is 11.8 Å². The second-order valence-electron chi connectivity index (χ2n) is 6.55. The van der Waals surface area contributed by atoms with Crippen LogP contribution in [0.2, 0.25) is 0 Å². The third kappa shape index (κ3) is 7.07. The zero-order chi connectivity index (χ0) is 19.9. The first-order valence-corrected chi connectivity index (χ1v) is 9.27. The maximum Gasteiger partial charge on any atom is 0.403 e. The number of rotatable bonds is 6. The summed E-state index contributed by atoms with van der Waals surface area (Å²) >= 11 is 0. The summed E-state index contributed by atoms with van der Waals surface area (Å²) in [5.41, 5.74) is 2.24. The fourth-order valence-corrected chi connectivity index (χ4v) is 3.12. The van der Waals surface area contributed by atoms with Gasteiger partial charge in [-0.1, -0.05) is 24.3 Å². The highest BCUT2D eigenvalue weighted by molar-refractivity contribution is 14.0. The van der Waals surface area contributed by atoms with Crippen LogP contribution in [0.5, 0.6) is 0 Å². The third-order valence-electron chi connectivity index (χ3n) is 4.86. The van der Waals surface area contributed by atoms with E-state index < -0.39 is 12.2 Å². The molecule has 0 amide bonds. The van der Waals surface area contributed by atoms with Crippen molar-refractivity contribution in [2.24, 2.45) is 4.99 Å². The Balaban J connectivity index is 0.00000392. The molecule has 1 fully saturated rings. The van der Waals surface area contributed by atoms with Crippen molar-refractivity contribution >= 4 is 29.9 Å². The van der Waals surface area contributed by atoms with Crippen molar-refractivity contribution in [1.29, 1.82) is 0 Å². The minimum Gasteiger partial charge on any atom is -0.377 e. The first kappa shape index (κ1) is 25.0. The molecule has 160 valence electrons. The van der Waals surface area contributed by atoms with Crippen molar-refractivity contribution in [2.75, 3.05) is 39.8 Å². The molecular weight excluding hydrogens is 484 g/mol. The molecule has 0 aromatic heterocycles. The van der Waals surface area contributed by atoms with Crippen molar-refractivity contribution in [3.05, 3.63) is 35.4 Å². The lowest BCUT2D eigenvalue weighted by Crippen LogP contribution is -2.56. The van der Waals surface area contributed by atoms with Gasteiger partial charge in [-0.2, -0.15) is 13.2 Å². The first-order valence-electron chi connectivity index (χ1n) is 9.27. The van der Waals surface area contributed by atoms with E-state index in [2.05, 4.69) is 10.3 Å². The van der Waals surface area contributed by atoms with Gasteiger partial charge < -0.3 is 15.0 Å². The number of ether oxygens (including phenoxy) is 1. The quantitative estimate of drug-likeness (QED) is 0.359. The second kappa shape index (κ2) is 11.8. The lowest BCUT2D eigenvalue weighted by Gasteiger charge is -2.39. The number of hydrogen-bond donors (Lipinski definition) is 1. The Morgan fingerprint density at radius 2 is 1.79 bits per heavy atom. The highest BCUT2D eigenvalue weighted by Crippen LogP contribution is 2.25. The first-order chi connectivity index (χ1) is 12.9. The van der Waals surface area contributed by atoms with Gasteiger partial charge in [0, 0.05) is 46.4 Å². The third-order valence-corrected chi connectivity index (χ3v) is 4.86. The number of guanidine groups is 1. The van der Waals surface area contributed by atoms with E-state index in [-0.39, 0.29) is 24.0 Å². The number of nitrogens with zero attached hydrogens (tertiary/aromatic N) is 3. The van der Waals surface area contributed by atoms with Crippen LogP contribution in [0.3, 0.4) is 0 Å². The van der Waals surface area contributed by atoms with Crippen LogP contribution in [0.25, 0.3) is 0 Å². The molecule has 2 rings (SSSR count). The van der Waals surface area contributed by atoms with E-state index >= 15 is 0 Å². The van der Waals surface area contributed by atoms with Crippen LogP contribution in [0.4, 0.5) is 13.2 Å². The predicted molar refractivity (Wildman–Crippen MR) is 116 cm³/mol. The van der Waals surface area contributed by atoms with Crippen molar-refractivity contribution in [2.45, 2.75) is 39.2 Å².